The van der Waals surface area contributed by atoms with Gasteiger partial charge < -0.3 is 9.90 Å². The van der Waals surface area contributed by atoms with Gasteiger partial charge in [-0.05, 0) is 5.56 Å². The van der Waals surface area contributed by atoms with Gasteiger partial charge in [-0.25, -0.2) is 10.1 Å². The maximum Gasteiger partial charge on any atom is 0.158 e. The summed E-state index contributed by atoms with van der Waals surface area (Å²) in [5.74, 6) is -1.49. The van der Waals surface area contributed by atoms with Crippen molar-refractivity contribution in [2.24, 2.45) is 0 Å². The largest absolute Gasteiger partial charge is 0.548 e. The van der Waals surface area contributed by atoms with Gasteiger partial charge in [0, 0.05) is 6.42 Å². The number of nitrogens with zero attached hydrogens (tertiary/aromatic N) is 1. The average Bonchev–Trinajstić information content (AvgIpc) is 2.17. The molecule has 1 atom stereocenters. The number of aliphatic carboxylic acids is 1. The Morgan fingerprint density at radius 1 is 1.40 bits per heavy atom. The van der Waals surface area contributed by atoms with Crippen LogP contribution in [0.25, 0.3) is 0 Å². The first kappa shape index (κ1) is 11.0. The first-order valence-electron chi connectivity index (χ1n) is 4.25. The van der Waals surface area contributed by atoms with Crippen LogP contribution in [0.3, 0.4) is 0 Å². The molecule has 0 aliphatic rings. The van der Waals surface area contributed by atoms with E-state index >= 15 is 0 Å². The standard InChI is InChI=1S/C9H10N2O4/c12-9(13)8(10-11(14)15)6-7-4-2-1-3-5-7/h1-5,8,10H,6H2,(H,12,13)/p-1. The van der Waals surface area contributed by atoms with Crippen molar-refractivity contribution in [1.29, 1.82) is 0 Å². The molecule has 0 saturated carbocycles. The van der Waals surface area contributed by atoms with Crippen LogP contribution in [0.5, 0.6) is 0 Å². The van der Waals surface area contributed by atoms with E-state index in [1.54, 1.807) is 35.8 Å². The quantitative estimate of drug-likeness (QED) is 0.502. The molecule has 0 aliphatic carbocycles. The van der Waals surface area contributed by atoms with Crippen LogP contribution in [0.2, 0.25) is 0 Å². The topological polar surface area (TPSA) is 95.3 Å². The number of carbonyl (C=O) groups is 1. The Labute approximate surface area is 85.7 Å². The van der Waals surface area contributed by atoms with Crippen molar-refractivity contribution in [3.05, 3.63) is 46.0 Å². The van der Waals surface area contributed by atoms with E-state index in [1.165, 1.54) is 0 Å². The Morgan fingerprint density at radius 3 is 2.47 bits per heavy atom. The number of hydrogen-bond acceptors (Lipinski definition) is 4. The second kappa shape index (κ2) is 4.94. The number of hydrogen-bond donors (Lipinski definition) is 1. The van der Waals surface area contributed by atoms with Crippen LogP contribution < -0.4 is 10.5 Å². The van der Waals surface area contributed by atoms with E-state index in [-0.39, 0.29) is 6.42 Å². The summed E-state index contributed by atoms with van der Waals surface area (Å²) in [5, 5.41) is 19.8. The average molecular weight is 209 g/mol. The lowest BCUT2D eigenvalue weighted by atomic mass is 10.1. The summed E-state index contributed by atoms with van der Waals surface area (Å²) in [6.07, 6.45) is 0.0180. The lowest BCUT2D eigenvalue weighted by molar-refractivity contribution is -0.550. The van der Waals surface area contributed by atoms with Gasteiger partial charge in [0.15, 0.2) is 5.03 Å². The second-order valence-corrected chi connectivity index (χ2v) is 2.95. The van der Waals surface area contributed by atoms with Crippen LogP contribution in [-0.4, -0.2) is 17.0 Å². The van der Waals surface area contributed by atoms with Gasteiger partial charge in [-0.2, -0.15) is 0 Å². The number of benzene rings is 1. The first-order chi connectivity index (χ1) is 7.09. The summed E-state index contributed by atoms with van der Waals surface area (Å²) >= 11 is 0. The molecule has 1 rings (SSSR count). The molecule has 0 bridgehead atoms. The molecule has 80 valence electrons. The fourth-order valence-corrected chi connectivity index (χ4v) is 1.16. The van der Waals surface area contributed by atoms with Crippen molar-refractivity contribution in [2.75, 3.05) is 0 Å². The molecule has 0 aliphatic heterocycles. The van der Waals surface area contributed by atoms with Crippen molar-refractivity contribution in [3.63, 3.8) is 0 Å². The van der Waals surface area contributed by atoms with Gasteiger partial charge in [0.05, 0.1) is 5.97 Å². The monoisotopic (exact) mass is 209 g/mol. The van der Waals surface area contributed by atoms with E-state index in [9.17, 15) is 20.0 Å². The van der Waals surface area contributed by atoms with Crippen molar-refractivity contribution in [3.8, 4) is 0 Å². The summed E-state index contributed by atoms with van der Waals surface area (Å²) < 4.78 is 0. The van der Waals surface area contributed by atoms with Crippen LogP contribution in [0.15, 0.2) is 30.3 Å². The highest BCUT2D eigenvalue weighted by Gasteiger charge is 2.15. The number of carboxylic acid groups (broad SMARTS) is 1. The summed E-state index contributed by atoms with van der Waals surface area (Å²) in [6.45, 7) is 0. The Morgan fingerprint density at radius 2 is 2.00 bits per heavy atom. The molecule has 1 N–H and O–H groups in total. The zero-order chi connectivity index (χ0) is 11.3. The lowest BCUT2D eigenvalue weighted by Gasteiger charge is -2.14. The van der Waals surface area contributed by atoms with Crippen LogP contribution in [0.1, 0.15) is 5.56 Å². The van der Waals surface area contributed by atoms with Crippen molar-refractivity contribution in [1.82, 2.24) is 5.43 Å². The maximum atomic E-state index is 10.6. The zero-order valence-electron chi connectivity index (χ0n) is 7.75. The van der Waals surface area contributed by atoms with Gasteiger partial charge in [0.1, 0.15) is 6.04 Å². The number of hydrazine groups is 1. The number of rotatable bonds is 5. The molecule has 0 aromatic heterocycles. The van der Waals surface area contributed by atoms with Crippen LogP contribution in [0.4, 0.5) is 0 Å². The van der Waals surface area contributed by atoms with Crippen LogP contribution in [-0.2, 0) is 11.2 Å². The molecular formula is C9H9N2O4-. The van der Waals surface area contributed by atoms with E-state index in [1.807, 2.05) is 0 Å². The highest BCUT2D eigenvalue weighted by molar-refractivity contribution is 5.71. The molecule has 0 radical (unpaired) electrons. The third-order valence-electron chi connectivity index (χ3n) is 1.83. The van der Waals surface area contributed by atoms with Gasteiger partial charge in [-0.3, -0.25) is 0 Å². The number of nitro groups is 1. The van der Waals surface area contributed by atoms with E-state index in [2.05, 4.69) is 0 Å². The lowest BCUT2D eigenvalue weighted by Crippen LogP contribution is -2.49. The first-order valence-corrected chi connectivity index (χ1v) is 4.25. The van der Waals surface area contributed by atoms with Gasteiger partial charge >= 0.3 is 0 Å². The van der Waals surface area contributed by atoms with Gasteiger partial charge in [0.25, 0.3) is 0 Å². The third-order valence-corrected chi connectivity index (χ3v) is 1.83. The van der Waals surface area contributed by atoms with Crippen molar-refractivity contribution >= 4 is 5.97 Å². The fraction of sp³-hybridized carbons (Fsp3) is 0.222. The van der Waals surface area contributed by atoms with Crippen molar-refractivity contribution in [2.45, 2.75) is 12.5 Å². The Balaban J connectivity index is 2.67. The molecule has 6 nitrogen and oxygen atoms in total. The molecule has 1 aromatic rings. The smallest absolute Gasteiger partial charge is 0.158 e. The minimum atomic E-state index is -1.49. The van der Waals surface area contributed by atoms with Crippen molar-refractivity contribution < 1.29 is 14.9 Å². The Bertz CT molecular complexity index is 352. The fourth-order valence-electron chi connectivity index (χ4n) is 1.16. The van der Waals surface area contributed by atoms with E-state index in [0.717, 1.165) is 0 Å². The van der Waals surface area contributed by atoms with Crippen LogP contribution >= 0.6 is 0 Å². The number of carboxylic acids is 1. The molecule has 6 heteroatoms. The minimum absolute atomic E-state index is 0.0180. The number of carbonyl (C=O) groups excluding carboxylic acids is 1. The van der Waals surface area contributed by atoms with Gasteiger partial charge in [0.2, 0.25) is 0 Å². The predicted octanol–water partition coefficient (Wildman–Crippen LogP) is -0.871. The molecule has 1 unspecified atom stereocenters. The molecule has 0 heterocycles. The number of nitrogens with one attached hydrogen (secondary N) is 1. The van der Waals surface area contributed by atoms with Crippen LogP contribution in [0, 0.1) is 10.1 Å². The molecular weight excluding hydrogens is 200 g/mol. The highest BCUT2D eigenvalue weighted by atomic mass is 16.7. The molecule has 1 aromatic carbocycles. The molecule has 0 fully saturated rings. The van der Waals surface area contributed by atoms with Gasteiger partial charge in [-0.1, -0.05) is 30.3 Å². The highest BCUT2D eigenvalue weighted by Crippen LogP contribution is 2.02. The molecule has 0 saturated heterocycles. The third kappa shape index (κ3) is 3.63. The maximum absolute atomic E-state index is 10.6. The normalized spacial score (nSPS) is 11.7. The summed E-state index contributed by atoms with van der Waals surface area (Å²) in [7, 11) is 0. The minimum Gasteiger partial charge on any atom is -0.548 e. The van der Waals surface area contributed by atoms with E-state index in [0.29, 0.717) is 5.56 Å². The summed E-state index contributed by atoms with van der Waals surface area (Å²) in [5.41, 5.74) is 2.38. The van der Waals surface area contributed by atoms with Gasteiger partial charge in [-0.15, -0.1) is 5.43 Å². The summed E-state index contributed by atoms with van der Waals surface area (Å²) in [6, 6.07) is 7.30. The molecule has 0 amide bonds. The Kier molecular flexibility index (Phi) is 3.61. The Hall–Kier alpha value is -2.11. The zero-order valence-corrected chi connectivity index (χ0v) is 7.75. The second-order valence-electron chi connectivity index (χ2n) is 2.95. The van der Waals surface area contributed by atoms with E-state index in [4.69, 9.17) is 0 Å². The summed E-state index contributed by atoms with van der Waals surface area (Å²) in [4.78, 5) is 20.7. The molecule has 15 heavy (non-hydrogen) atoms. The molecule has 0 spiro atoms. The SMILES string of the molecule is O=C([O-])C(Cc1ccccc1)N[N+](=O)[O-]. The predicted molar refractivity (Wildman–Crippen MR) is 49.1 cm³/mol. The van der Waals surface area contributed by atoms with E-state index < -0.39 is 17.0 Å².